The molecule has 3 saturated heterocycles. The van der Waals surface area contributed by atoms with Crippen LogP contribution < -0.4 is 21.9 Å². The van der Waals surface area contributed by atoms with Gasteiger partial charge in [-0.25, -0.2) is 4.98 Å². The first-order chi connectivity index (χ1) is 17.7. The third kappa shape index (κ3) is 4.14. The van der Waals surface area contributed by atoms with Gasteiger partial charge in [-0.1, -0.05) is 5.16 Å². The lowest BCUT2D eigenvalue weighted by atomic mass is 10.0. The van der Waals surface area contributed by atoms with Crippen molar-refractivity contribution >= 4 is 57.6 Å². The number of carbonyl (C=O) groups excluding carboxylic acids is 4. The number of β-lactam (4-membered cyclic amide) rings is 1. The zero-order valence-corrected chi connectivity index (χ0v) is 21.7. The number of anilines is 1. The monoisotopic (exact) mass is 549 g/mol. The van der Waals surface area contributed by atoms with E-state index >= 15 is 0 Å². The van der Waals surface area contributed by atoms with Gasteiger partial charge in [-0.2, -0.15) is 0 Å². The number of rotatable bonds is 8. The third-order valence-corrected chi connectivity index (χ3v) is 9.75. The first-order valence-electron chi connectivity index (χ1n) is 11.8. The Balaban J connectivity index is 1.38. The molecule has 4 aliphatic rings. The van der Waals surface area contributed by atoms with Crippen molar-refractivity contribution in [2.45, 2.75) is 49.2 Å². The maximum atomic E-state index is 13.1. The minimum Gasteiger partial charge on any atom is -0.543 e. The van der Waals surface area contributed by atoms with Crippen molar-refractivity contribution in [2.75, 3.05) is 31.7 Å². The van der Waals surface area contributed by atoms with Crippen molar-refractivity contribution in [1.82, 2.24) is 15.2 Å². The van der Waals surface area contributed by atoms with Gasteiger partial charge in [-0.15, -0.1) is 23.1 Å². The molecule has 0 bridgehead atoms. The fraction of sp³-hybridized carbons (Fsp3) is 0.545. The fourth-order valence-electron chi connectivity index (χ4n) is 6.24. The van der Waals surface area contributed by atoms with Crippen LogP contribution in [0, 0.1) is 0 Å². The normalized spacial score (nSPS) is 31.0. The highest BCUT2D eigenvalue weighted by atomic mass is 32.2. The number of quaternary nitrogens is 1. The summed E-state index contributed by atoms with van der Waals surface area (Å²) >= 11 is 2.48. The number of hydrogen-bond acceptors (Lipinski definition) is 11. The molecule has 1 aromatic rings. The van der Waals surface area contributed by atoms with Crippen LogP contribution in [0.1, 0.15) is 31.4 Å². The van der Waals surface area contributed by atoms with Gasteiger partial charge >= 0.3 is 0 Å². The maximum Gasteiger partial charge on any atom is 0.276 e. The summed E-state index contributed by atoms with van der Waals surface area (Å²) in [7, 11) is 1.27. The number of thiazole rings is 1. The van der Waals surface area contributed by atoms with E-state index in [-0.39, 0.29) is 40.2 Å². The quantitative estimate of drug-likeness (QED) is 0.144. The summed E-state index contributed by atoms with van der Waals surface area (Å²) in [6.45, 7) is 1.07. The lowest BCUT2D eigenvalue weighted by Gasteiger charge is -2.51. The molecule has 5 atom stereocenters. The first kappa shape index (κ1) is 25.5. The van der Waals surface area contributed by atoms with Crippen molar-refractivity contribution in [1.29, 1.82) is 0 Å². The van der Waals surface area contributed by atoms with Crippen LogP contribution >= 0.6 is 23.1 Å². The standard InChI is InChI=1S/C22H27N7O6S2/c1-35-27-14(12-9-37-22(24)25-12)18(31)26-15-19(32)28-16(21(33)34)10(8-36-20(15)28)7-29-6-2-3-11(29)4-5-13(29)17(23)30/h9,11,13,15,20H,2-8H2,1H3,(H5-,23,24,25,26,30,31,33,34)/b27-14-/t11?,13?,15-,20-,29?/m1/s1. The van der Waals surface area contributed by atoms with Gasteiger partial charge in [-0.3, -0.25) is 19.3 Å². The van der Waals surface area contributed by atoms with Crippen LogP contribution in [0.4, 0.5) is 5.13 Å². The third-order valence-electron chi connectivity index (χ3n) is 7.74. The molecule has 0 spiro atoms. The van der Waals surface area contributed by atoms with E-state index in [1.807, 2.05) is 0 Å². The number of nitrogen functional groups attached to an aromatic ring is 1. The number of carboxylic acid groups (broad SMARTS) is 1. The molecular weight excluding hydrogens is 522 g/mol. The summed E-state index contributed by atoms with van der Waals surface area (Å²) in [5, 5.41) is 19.8. The van der Waals surface area contributed by atoms with Crippen molar-refractivity contribution in [3.63, 3.8) is 0 Å². The zero-order valence-electron chi connectivity index (χ0n) is 20.0. The molecule has 0 saturated carbocycles. The van der Waals surface area contributed by atoms with Gasteiger partial charge in [0.1, 0.15) is 30.8 Å². The number of carboxylic acids is 1. The van der Waals surface area contributed by atoms with Crippen molar-refractivity contribution in [3.8, 4) is 0 Å². The van der Waals surface area contributed by atoms with E-state index in [0.29, 0.717) is 28.8 Å². The van der Waals surface area contributed by atoms with Crippen LogP contribution in [0.5, 0.6) is 0 Å². The predicted octanol–water partition coefficient (Wildman–Crippen LogP) is -1.89. The number of nitrogens with one attached hydrogen (secondary N) is 1. The number of carbonyl (C=O) groups is 4. The van der Waals surface area contributed by atoms with Crippen LogP contribution in [-0.4, -0.2) is 93.2 Å². The molecule has 0 aromatic carbocycles. The number of fused-ring (bicyclic) bond motifs is 2. The molecule has 0 radical (unpaired) electrons. The summed E-state index contributed by atoms with van der Waals surface area (Å²) in [5.74, 6) is -2.77. The Morgan fingerprint density at radius 3 is 2.78 bits per heavy atom. The van der Waals surface area contributed by atoms with Gasteiger partial charge in [0.2, 0.25) is 0 Å². The van der Waals surface area contributed by atoms with Crippen molar-refractivity contribution in [3.05, 3.63) is 22.3 Å². The number of nitrogens with two attached hydrogens (primary N) is 2. The SMILES string of the molecule is CO/N=C(\C(=O)N[C@@H]1C(=O)N2C(C(=O)[O-])=C(C[N+]34CCCC3CCC4C(N)=O)CS[C@H]12)c1csc(N)n1. The molecule has 0 aliphatic carbocycles. The van der Waals surface area contributed by atoms with E-state index in [9.17, 15) is 24.3 Å². The zero-order chi connectivity index (χ0) is 26.5. The molecule has 5 N–H and O–H groups in total. The Hall–Kier alpha value is -3.17. The number of nitrogens with zero attached hydrogens (tertiary/aromatic N) is 4. The molecule has 37 heavy (non-hydrogen) atoms. The second-order valence-corrected chi connectivity index (χ2v) is 11.6. The second-order valence-electron chi connectivity index (χ2n) is 9.57. The van der Waals surface area contributed by atoms with E-state index in [1.54, 1.807) is 0 Å². The Labute approximate surface area is 220 Å². The maximum absolute atomic E-state index is 13.1. The molecule has 15 heteroatoms. The van der Waals surface area contributed by atoms with E-state index in [4.69, 9.17) is 16.3 Å². The van der Waals surface area contributed by atoms with Gasteiger partial charge in [0.05, 0.1) is 24.3 Å². The number of hydrogen-bond donors (Lipinski definition) is 3. The number of aromatic nitrogens is 1. The number of aliphatic carboxylic acids is 1. The topological polar surface area (TPSA) is 193 Å². The molecule has 3 unspecified atom stereocenters. The second kappa shape index (κ2) is 9.61. The molecule has 5 rings (SSSR count). The average Bonchev–Trinajstić information content (AvgIpc) is 3.54. The van der Waals surface area contributed by atoms with E-state index < -0.39 is 29.2 Å². The lowest BCUT2D eigenvalue weighted by Crippen LogP contribution is -2.72. The van der Waals surface area contributed by atoms with Gasteiger partial charge in [0, 0.05) is 42.4 Å². The van der Waals surface area contributed by atoms with E-state index in [2.05, 4.69) is 15.5 Å². The van der Waals surface area contributed by atoms with Crippen molar-refractivity contribution < 1.29 is 33.6 Å². The summed E-state index contributed by atoms with van der Waals surface area (Å²) in [5.41, 5.74) is 11.8. The van der Waals surface area contributed by atoms with Crippen LogP contribution in [0.3, 0.4) is 0 Å². The van der Waals surface area contributed by atoms with E-state index in [1.165, 1.54) is 29.2 Å². The average molecular weight is 550 g/mol. The molecule has 13 nitrogen and oxygen atoms in total. The largest absolute Gasteiger partial charge is 0.543 e. The smallest absolute Gasteiger partial charge is 0.276 e. The van der Waals surface area contributed by atoms with Gasteiger partial charge < -0.3 is 36.0 Å². The van der Waals surface area contributed by atoms with Crippen LogP contribution in [0.15, 0.2) is 21.8 Å². The highest BCUT2D eigenvalue weighted by molar-refractivity contribution is 8.00. The number of oxime groups is 1. The first-order valence-corrected chi connectivity index (χ1v) is 13.8. The van der Waals surface area contributed by atoms with E-state index in [0.717, 1.165) is 37.1 Å². The summed E-state index contributed by atoms with van der Waals surface area (Å²) in [6.07, 6.45) is 3.44. The highest BCUT2D eigenvalue weighted by Gasteiger charge is 2.58. The number of thioether (sulfide) groups is 1. The molecule has 5 heterocycles. The molecule has 1 aromatic heterocycles. The van der Waals surface area contributed by atoms with Gasteiger partial charge in [0.15, 0.2) is 16.9 Å². The van der Waals surface area contributed by atoms with Crippen LogP contribution in [0.25, 0.3) is 0 Å². The number of primary amides is 1. The number of amides is 3. The van der Waals surface area contributed by atoms with Gasteiger partial charge in [0.25, 0.3) is 17.7 Å². The Morgan fingerprint density at radius 1 is 1.35 bits per heavy atom. The summed E-state index contributed by atoms with van der Waals surface area (Å²) in [4.78, 5) is 60.6. The molecule has 198 valence electrons. The van der Waals surface area contributed by atoms with Gasteiger partial charge in [-0.05, 0) is 0 Å². The minimum atomic E-state index is -1.46. The minimum absolute atomic E-state index is 0.152. The Bertz CT molecular complexity index is 1230. The fourth-order valence-corrected chi connectivity index (χ4v) is 8.13. The van der Waals surface area contributed by atoms with Crippen molar-refractivity contribution in [2.24, 2.45) is 10.9 Å². The molecular formula is C22H27N7O6S2. The Morgan fingerprint density at radius 2 is 2.14 bits per heavy atom. The molecule has 4 aliphatic heterocycles. The van der Waals surface area contributed by atoms with Crippen LogP contribution in [-0.2, 0) is 24.0 Å². The predicted molar refractivity (Wildman–Crippen MR) is 132 cm³/mol. The molecule has 3 amide bonds. The van der Waals surface area contributed by atoms with Crippen LogP contribution in [0.2, 0.25) is 0 Å². The lowest BCUT2D eigenvalue weighted by molar-refractivity contribution is -0.937. The highest BCUT2D eigenvalue weighted by Crippen LogP contribution is 2.45. The summed E-state index contributed by atoms with van der Waals surface area (Å²) in [6, 6.07) is -1.10. The Kier molecular flexibility index (Phi) is 6.62. The summed E-state index contributed by atoms with van der Waals surface area (Å²) < 4.78 is 0.447. The molecule has 3 fully saturated rings.